The summed E-state index contributed by atoms with van der Waals surface area (Å²) in [6.07, 6.45) is -0.631. The Morgan fingerprint density at radius 2 is 2.23 bits per heavy atom. The minimum absolute atomic E-state index is 0.0357. The first-order valence-electron chi connectivity index (χ1n) is 3.61. The van der Waals surface area contributed by atoms with Crippen molar-refractivity contribution >= 4 is 26.9 Å². The Kier molecular flexibility index (Phi) is 7.20. The molecule has 0 aliphatic rings. The number of halogens is 1. The molecule has 2 N–H and O–H groups in total. The van der Waals surface area contributed by atoms with Gasteiger partial charge in [-0.05, 0) is 0 Å². The van der Waals surface area contributed by atoms with Gasteiger partial charge in [0.05, 0.1) is 12.1 Å². The molecule has 0 saturated carbocycles. The van der Waals surface area contributed by atoms with Crippen LogP contribution in [0.1, 0.15) is 6.92 Å². The minimum Gasteiger partial charge on any atom is -0.463 e. The third-order valence-corrected chi connectivity index (χ3v) is 1.86. The van der Waals surface area contributed by atoms with Crippen LogP contribution in [0.3, 0.4) is 0 Å². The zero-order valence-corrected chi connectivity index (χ0v) is 8.95. The fourth-order valence-electron chi connectivity index (χ4n) is 0.540. The molecule has 0 saturated heterocycles. The summed E-state index contributed by atoms with van der Waals surface area (Å²) in [4.78, 5) is 27.5. The molecule has 5 nitrogen and oxygen atoms in total. The van der Waals surface area contributed by atoms with Crippen LogP contribution in [-0.4, -0.2) is 49.7 Å². The summed E-state index contributed by atoms with van der Waals surface area (Å²) in [5.74, 6) is -0.278. The molecular formula is C6H12ClO5Si. The fraction of sp³-hybridized carbons (Fsp3) is 0.833. The molecule has 1 radical (unpaired) electrons. The lowest BCUT2D eigenvalue weighted by Gasteiger charge is -2.14. The van der Waals surface area contributed by atoms with Crippen molar-refractivity contribution < 1.29 is 23.9 Å². The number of alkyl halides is 1. The van der Waals surface area contributed by atoms with Crippen LogP contribution in [-0.2, 0) is 14.3 Å². The van der Waals surface area contributed by atoms with Gasteiger partial charge < -0.3 is 19.1 Å². The molecule has 0 aliphatic heterocycles. The number of carbonyl (C=O) groups excluding carboxylic acids is 1. The number of ether oxygens (including phenoxy) is 2. The largest absolute Gasteiger partial charge is 0.463 e. The van der Waals surface area contributed by atoms with E-state index in [9.17, 15) is 4.79 Å². The molecule has 1 atom stereocenters. The molecule has 0 aromatic carbocycles. The molecule has 0 amide bonds. The maximum absolute atomic E-state index is 10.4. The van der Waals surface area contributed by atoms with E-state index in [2.05, 4.69) is 4.74 Å². The van der Waals surface area contributed by atoms with Gasteiger partial charge in [-0.15, -0.1) is 11.6 Å². The van der Waals surface area contributed by atoms with E-state index < -0.39 is 21.4 Å². The molecule has 1 unspecified atom stereocenters. The van der Waals surface area contributed by atoms with Crippen molar-refractivity contribution in [2.75, 3.05) is 18.7 Å². The molecule has 0 aliphatic carbocycles. The molecule has 0 heterocycles. The molecule has 13 heavy (non-hydrogen) atoms. The van der Waals surface area contributed by atoms with Crippen molar-refractivity contribution in [2.45, 2.75) is 13.0 Å². The van der Waals surface area contributed by atoms with Crippen LogP contribution < -0.4 is 0 Å². The first kappa shape index (κ1) is 12.9. The highest BCUT2D eigenvalue weighted by molar-refractivity contribution is 6.40. The van der Waals surface area contributed by atoms with Gasteiger partial charge in [-0.3, -0.25) is 4.79 Å². The molecule has 0 rings (SSSR count). The summed E-state index contributed by atoms with van der Waals surface area (Å²) in [5.41, 5.74) is 0. The predicted octanol–water partition coefficient (Wildman–Crippen LogP) is -0.815. The Hall–Kier alpha value is -0.143. The number of rotatable bonds is 6. The number of hydrogen-bond acceptors (Lipinski definition) is 5. The maximum Gasteiger partial charge on any atom is 0.407 e. The summed E-state index contributed by atoms with van der Waals surface area (Å²) in [7, 11) is -2.40. The first-order valence-corrected chi connectivity index (χ1v) is 5.74. The maximum atomic E-state index is 10.4. The van der Waals surface area contributed by atoms with E-state index >= 15 is 0 Å². The highest BCUT2D eigenvalue weighted by Crippen LogP contribution is 1.97. The quantitative estimate of drug-likeness (QED) is 0.353. The van der Waals surface area contributed by atoms with Crippen molar-refractivity contribution in [2.24, 2.45) is 0 Å². The second kappa shape index (κ2) is 7.28. The standard InChI is InChI=1S/C6H12ClO5Si/c1-5(8)11-3-6(2-7)12-4-13(9)10/h6,9-10H,2-4H2,1H3. The summed E-state index contributed by atoms with van der Waals surface area (Å²) < 4.78 is 9.57. The predicted molar refractivity (Wildman–Crippen MR) is 47.3 cm³/mol. The Balaban J connectivity index is 3.57. The Bertz CT molecular complexity index is 154. The molecular weight excluding hydrogens is 216 g/mol. The third-order valence-electron chi connectivity index (χ3n) is 1.09. The Morgan fingerprint density at radius 1 is 1.62 bits per heavy atom. The minimum atomic E-state index is -2.40. The van der Waals surface area contributed by atoms with Gasteiger partial charge in [0, 0.05) is 6.92 Å². The first-order chi connectivity index (χ1) is 6.06. The smallest absolute Gasteiger partial charge is 0.407 e. The van der Waals surface area contributed by atoms with Gasteiger partial charge in [-0.2, -0.15) is 0 Å². The highest BCUT2D eigenvalue weighted by Gasteiger charge is 2.13. The lowest BCUT2D eigenvalue weighted by molar-refractivity contribution is -0.144. The van der Waals surface area contributed by atoms with Gasteiger partial charge >= 0.3 is 15.3 Å². The monoisotopic (exact) mass is 227 g/mol. The fourth-order valence-corrected chi connectivity index (χ4v) is 1.10. The van der Waals surface area contributed by atoms with Crippen molar-refractivity contribution in [1.82, 2.24) is 0 Å². The SMILES string of the molecule is CC(=O)OCC(CCl)OC[Si](O)O. The number of hydrogen-bond donors (Lipinski definition) is 2. The zero-order valence-electron chi connectivity index (χ0n) is 7.20. The highest BCUT2D eigenvalue weighted by atomic mass is 35.5. The van der Waals surface area contributed by atoms with Crippen molar-refractivity contribution in [3.05, 3.63) is 0 Å². The average Bonchev–Trinajstić information content (AvgIpc) is 2.04. The Labute approximate surface area is 83.1 Å². The molecule has 77 valence electrons. The van der Waals surface area contributed by atoms with E-state index in [1.807, 2.05) is 0 Å². The molecule has 0 aromatic heterocycles. The van der Waals surface area contributed by atoms with Crippen molar-refractivity contribution in [3.8, 4) is 0 Å². The third kappa shape index (κ3) is 8.19. The van der Waals surface area contributed by atoms with Crippen LogP contribution in [0.25, 0.3) is 0 Å². The van der Waals surface area contributed by atoms with Crippen LogP contribution in [0, 0.1) is 0 Å². The van der Waals surface area contributed by atoms with Gasteiger partial charge in [0.1, 0.15) is 12.7 Å². The lowest BCUT2D eigenvalue weighted by atomic mass is 10.4. The van der Waals surface area contributed by atoms with Crippen LogP contribution in [0.15, 0.2) is 0 Å². The molecule has 0 aromatic rings. The van der Waals surface area contributed by atoms with Crippen molar-refractivity contribution in [1.29, 1.82) is 0 Å². The van der Waals surface area contributed by atoms with E-state index in [1.54, 1.807) is 0 Å². The summed E-state index contributed by atoms with van der Waals surface area (Å²) in [6.45, 7) is 1.31. The van der Waals surface area contributed by atoms with Gasteiger partial charge in [-0.25, -0.2) is 0 Å². The topological polar surface area (TPSA) is 76.0 Å². The number of esters is 1. The summed E-state index contributed by atoms with van der Waals surface area (Å²) >= 11 is 5.47. The van der Waals surface area contributed by atoms with Crippen molar-refractivity contribution in [3.63, 3.8) is 0 Å². The van der Waals surface area contributed by atoms with Crippen LogP contribution in [0.4, 0.5) is 0 Å². The molecule has 0 bridgehead atoms. The van der Waals surface area contributed by atoms with Gasteiger partial charge in [-0.1, -0.05) is 0 Å². The lowest BCUT2D eigenvalue weighted by Crippen LogP contribution is -2.29. The van der Waals surface area contributed by atoms with Gasteiger partial charge in [0.2, 0.25) is 0 Å². The Morgan fingerprint density at radius 3 is 2.62 bits per heavy atom. The van der Waals surface area contributed by atoms with Gasteiger partial charge in [0.25, 0.3) is 0 Å². The summed E-state index contributed by atoms with van der Waals surface area (Å²) in [6, 6.07) is 0. The van der Waals surface area contributed by atoms with E-state index in [0.29, 0.717) is 0 Å². The molecule has 7 heteroatoms. The average molecular weight is 228 g/mol. The van der Waals surface area contributed by atoms with E-state index in [4.69, 9.17) is 25.9 Å². The zero-order chi connectivity index (χ0) is 10.3. The van der Waals surface area contributed by atoms with Crippen LogP contribution >= 0.6 is 11.6 Å². The second-order valence-corrected chi connectivity index (χ2v) is 3.74. The number of carbonyl (C=O) groups is 1. The second-order valence-electron chi connectivity index (χ2n) is 2.31. The van der Waals surface area contributed by atoms with E-state index in [-0.39, 0.29) is 18.7 Å². The van der Waals surface area contributed by atoms with E-state index in [1.165, 1.54) is 6.92 Å². The summed E-state index contributed by atoms with van der Waals surface area (Å²) in [5, 5.41) is 0. The molecule has 0 fully saturated rings. The van der Waals surface area contributed by atoms with E-state index in [0.717, 1.165) is 0 Å². The molecule has 0 spiro atoms. The van der Waals surface area contributed by atoms with Gasteiger partial charge in [0.15, 0.2) is 0 Å². The van der Waals surface area contributed by atoms with Crippen LogP contribution in [0.2, 0.25) is 0 Å². The normalized spacial score (nSPS) is 13.0. The van der Waals surface area contributed by atoms with Crippen LogP contribution in [0.5, 0.6) is 0 Å².